The Morgan fingerprint density at radius 3 is 2.88 bits per heavy atom. The van der Waals surface area contributed by atoms with Gasteiger partial charge in [0.1, 0.15) is 0 Å². The molecule has 2 rings (SSSR count). The Morgan fingerprint density at radius 2 is 2.18 bits per heavy atom. The van der Waals surface area contributed by atoms with Gasteiger partial charge in [-0.2, -0.15) is 11.8 Å². The molecule has 1 aliphatic heterocycles. The second kappa shape index (κ2) is 5.00. The molecule has 2 N–H and O–H groups in total. The Balaban J connectivity index is 2.18. The van der Waals surface area contributed by atoms with Gasteiger partial charge in [-0.3, -0.25) is 0 Å². The van der Waals surface area contributed by atoms with Crippen molar-refractivity contribution in [1.29, 1.82) is 0 Å². The van der Waals surface area contributed by atoms with Crippen LogP contribution in [0.1, 0.15) is 17.7 Å². The van der Waals surface area contributed by atoms with Gasteiger partial charge in [0.25, 0.3) is 0 Å². The highest BCUT2D eigenvalue weighted by Gasteiger charge is 2.34. The van der Waals surface area contributed by atoms with Gasteiger partial charge in [-0.15, -0.1) is 0 Å². The van der Waals surface area contributed by atoms with Crippen molar-refractivity contribution in [3.8, 4) is 0 Å². The van der Waals surface area contributed by atoms with Crippen LogP contribution >= 0.6 is 11.8 Å². The van der Waals surface area contributed by atoms with Gasteiger partial charge in [-0.1, -0.05) is 25.1 Å². The van der Waals surface area contributed by atoms with Crippen molar-refractivity contribution in [2.45, 2.75) is 17.1 Å². The van der Waals surface area contributed by atoms with Gasteiger partial charge in [-0.05, 0) is 29.8 Å². The minimum atomic E-state index is -3.06. The average molecular weight is 271 g/mol. The Kier molecular flexibility index (Phi) is 3.80. The third-order valence-electron chi connectivity index (χ3n) is 2.96. The van der Waals surface area contributed by atoms with Crippen LogP contribution in [-0.2, 0) is 9.84 Å². The lowest BCUT2D eigenvalue weighted by molar-refractivity contribution is 0.600. The number of thioether (sulfide) groups is 1. The van der Waals surface area contributed by atoms with Crippen molar-refractivity contribution in [2.24, 2.45) is 11.7 Å². The second-order valence-corrected chi connectivity index (χ2v) is 7.72. The standard InChI is InChI=1S/C12H17NO2S2/c1-9(6-13)7-16-11-8-17(14,15)12-5-3-2-4-10(11)12/h2-5,9,11H,6-8,13H2,1H3. The second-order valence-electron chi connectivity index (χ2n) is 4.48. The molecule has 0 fully saturated rings. The lowest BCUT2D eigenvalue weighted by atomic mass is 10.2. The van der Waals surface area contributed by atoms with Crippen LogP contribution in [0.3, 0.4) is 0 Å². The van der Waals surface area contributed by atoms with Crippen LogP contribution in [0, 0.1) is 5.92 Å². The maximum Gasteiger partial charge on any atom is 0.180 e. The third-order valence-corrected chi connectivity index (χ3v) is 6.57. The van der Waals surface area contributed by atoms with E-state index in [4.69, 9.17) is 5.73 Å². The van der Waals surface area contributed by atoms with E-state index in [1.54, 1.807) is 23.9 Å². The summed E-state index contributed by atoms with van der Waals surface area (Å²) in [6.45, 7) is 2.73. The third kappa shape index (κ3) is 2.67. The number of sulfone groups is 1. The first-order valence-electron chi connectivity index (χ1n) is 5.68. The van der Waals surface area contributed by atoms with Gasteiger partial charge in [0.15, 0.2) is 9.84 Å². The lowest BCUT2D eigenvalue weighted by Crippen LogP contribution is -2.14. The summed E-state index contributed by atoms with van der Waals surface area (Å²) in [6, 6.07) is 7.31. The van der Waals surface area contributed by atoms with Crippen LogP contribution in [0.4, 0.5) is 0 Å². The van der Waals surface area contributed by atoms with Crippen molar-refractivity contribution in [3.05, 3.63) is 29.8 Å². The number of fused-ring (bicyclic) bond motifs is 1. The molecule has 0 saturated heterocycles. The predicted molar refractivity (Wildman–Crippen MR) is 71.9 cm³/mol. The van der Waals surface area contributed by atoms with Crippen LogP contribution in [0.15, 0.2) is 29.2 Å². The molecule has 1 aliphatic rings. The average Bonchev–Trinajstić information content (AvgIpc) is 2.59. The fraction of sp³-hybridized carbons (Fsp3) is 0.500. The Morgan fingerprint density at radius 1 is 1.47 bits per heavy atom. The van der Waals surface area contributed by atoms with Crippen molar-refractivity contribution in [2.75, 3.05) is 18.1 Å². The molecule has 0 spiro atoms. The molecule has 5 heteroatoms. The van der Waals surface area contributed by atoms with Gasteiger partial charge in [0, 0.05) is 5.25 Å². The SMILES string of the molecule is CC(CN)CSC1CS(=O)(=O)c2ccccc21. The van der Waals surface area contributed by atoms with E-state index in [2.05, 4.69) is 6.92 Å². The zero-order chi connectivity index (χ0) is 12.5. The first kappa shape index (κ1) is 12.9. The summed E-state index contributed by atoms with van der Waals surface area (Å²) in [5.74, 6) is 1.56. The van der Waals surface area contributed by atoms with Crippen molar-refractivity contribution in [3.63, 3.8) is 0 Å². The number of nitrogens with two attached hydrogens (primary N) is 1. The molecular weight excluding hydrogens is 254 g/mol. The van der Waals surface area contributed by atoms with Crippen LogP contribution in [0.5, 0.6) is 0 Å². The van der Waals surface area contributed by atoms with Crippen LogP contribution in [0.25, 0.3) is 0 Å². The van der Waals surface area contributed by atoms with E-state index in [0.29, 0.717) is 17.4 Å². The molecule has 0 bridgehead atoms. The topological polar surface area (TPSA) is 60.2 Å². The van der Waals surface area contributed by atoms with Crippen LogP contribution in [0.2, 0.25) is 0 Å². The predicted octanol–water partition coefficient (Wildman–Crippen LogP) is 1.84. The van der Waals surface area contributed by atoms with Crippen LogP contribution in [-0.4, -0.2) is 26.5 Å². The minimum absolute atomic E-state index is 0.0743. The summed E-state index contributed by atoms with van der Waals surface area (Å²) in [5.41, 5.74) is 6.53. The molecule has 2 unspecified atom stereocenters. The van der Waals surface area contributed by atoms with E-state index in [-0.39, 0.29) is 11.0 Å². The van der Waals surface area contributed by atoms with Gasteiger partial charge < -0.3 is 5.73 Å². The molecule has 1 aromatic carbocycles. The number of hydrogen-bond acceptors (Lipinski definition) is 4. The van der Waals surface area contributed by atoms with Crippen molar-refractivity contribution >= 4 is 21.6 Å². The van der Waals surface area contributed by atoms with Gasteiger partial charge in [0.05, 0.1) is 10.6 Å². The van der Waals surface area contributed by atoms with Crippen LogP contribution < -0.4 is 5.73 Å². The molecule has 0 aliphatic carbocycles. The molecule has 1 aromatic rings. The molecule has 94 valence electrons. The van der Waals surface area contributed by atoms with Gasteiger partial charge in [-0.25, -0.2) is 8.42 Å². The highest BCUT2D eigenvalue weighted by Crippen LogP contribution is 2.42. The number of hydrogen-bond donors (Lipinski definition) is 1. The Bertz CT molecular complexity index is 499. The smallest absolute Gasteiger partial charge is 0.180 e. The minimum Gasteiger partial charge on any atom is -0.330 e. The van der Waals surface area contributed by atoms with E-state index in [9.17, 15) is 8.42 Å². The molecule has 1 heterocycles. The molecule has 0 amide bonds. The van der Waals surface area contributed by atoms with E-state index in [1.807, 2.05) is 12.1 Å². The molecule has 0 radical (unpaired) electrons. The summed E-state index contributed by atoms with van der Waals surface area (Å²) < 4.78 is 23.9. The number of benzene rings is 1. The maximum absolute atomic E-state index is 11.9. The summed E-state index contributed by atoms with van der Waals surface area (Å²) in [7, 11) is -3.06. The summed E-state index contributed by atoms with van der Waals surface area (Å²) in [4.78, 5) is 0.512. The Hall–Kier alpha value is -0.520. The highest BCUT2D eigenvalue weighted by atomic mass is 32.2. The quantitative estimate of drug-likeness (QED) is 0.908. The first-order chi connectivity index (χ1) is 8.04. The van der Waals surface area contributed by atoms with Crippen molar-refractivity contribution in [1.82, 2.24) is 0 Å². The summed E-state index contributed by atoms with van der Waals surface area (Å²) in [5, 5.41) is 0.0743. The first-order valence-corrected chi connectivity index (χ1v) is 8.38. The molecular formula is C12H17NO2S2. The number of rotatable bonds is 4. The summed E-state index contributed by atoms with van der Waals surface area (Å²) in [6.07, 6.45) is 0. The fourth-order valence-electron chi connectivity index (χ4n) is 1.89. The molecule has 3 nitrogen and oxygen atoms in total. The lowest BCUT2D eigenvalue weighted by Gasteiger charge is -2.12. The van der Waals surface area contributed by atoms with E-state index in [1.165, 1.54) is 0 Å². The maximum atomic E-state index is 11.9. The molecule has 0 aromatic heterocycles. The van der Waals surface area contributed by atoms with E-state index < -0.39 is 9.84 Å². The monoisotopic (exact) mass is 271 g/mol. The zero-order valence-corrected chi connectivity index (χ0v) is 11.4. The summed E-state index contributed by atoms with van der Waals surface area (Å²) >= 11 is 1.70. The van der Waals surface area contributed by atoms with Gasteiger partial charge >= 0.3 is 0 Å². The Labute approximate surface area is 107 Å². The van der Waals surface area contributed by atoms with Crippen molar-refractivity contribution < 1.29 is 8.42 Å². The highest BCUT2D eigenvalue weighted by molar-refractivity contribution is 8.01. The van der Waals surface area contributed by atoms with E-state index in [0.717, 1.165) is 11.3 Å². The fourth-order valence-corrected chi connectivity index (χ4v) is 5.59. The normalized spacial score (nSPS) is 23.3. The molecule has 0 saturated carbocycles. The molecule has 17 heavy (non-hydrogen) atoms. The molecule has 2 atom stereocenters. The van der Waals surface area contributed by atoms with E-state index >= 15 is 0 Å². The largest absolute Gasteiger partial charge is 0.330 e. The zero-order valence-electron chi connectivity index (χ0n) is 9.80. The van der Waals surface area contributed by atoms with Gasteiger partial charge in [0.2, 0.25) is 0 Å².